The van der Waals surface area contributed by atoms with Crippen LogP contribution < -0.4 is 0 Å². The Hall–Kier alpha value is -2.10. The van der Waals surface area contributed by atoms with Gasteiger partial charge in [0.05, 0.1) is 0 Å². The predicted octanol–water partition coefficient (Wildman–Crippen LogP) is 6.15. The van der Waals surface area contributed by atoms with Gasteiger partial charge in [-0.25, -0.2) is 4.79 Å². The monoisotopic (exact) mass is 376 g/mol. The number of rotatable bonds is 16. The van der Waals surface area contributed by atoms with E-state index in [1.54, 1.807) is 0 Å². The van der Waals surface area contributed by atoms with Gasteiger partial charge in [0.25, 0.3) is 0 Å². The molecule has 0 saturated carbocycles. The summed E-state index contributed by atoms with van der Waals surface area (Å²) in [6, 6.07) is 0. The van der Waals surface area contributed by atoms with Crippen LogP contribution in [0.5, 0.6) is 0 Å². The van der Waals surface area contributed by atoms with Crippen molar-refractivity contribution < 1.29 is 19.4 Å². The molecule has 0 fully saturated rings. The maximum atomic E-state index is 11.4. The molecule has 1 atom stereocenters. The van der Waals surface area contributed by atoms with E-state index in [0.29, 0.717) is 6.42 Å². The number of ether oxygens (including phenoxy) is 1. The molecule has 27 heavy (non-hydrogen) atoms. The fourth-order valence-corrected chi connectivity index (χ4v) is 2.29. The van der Waals surface area contributed by atoms with E-state index < -0.39 is 18.0 Å². The van der Waals surface area contributed by atoms with Gasteiger partial charge >= 0.3 is 11.9 Å². The molecule has 4 nitrogen and oxygen atoms in total. The first kappa shape index (κ1) is 24.9. The van der Waals surface area contributed by atoms with E-state index in [2.05, 4.69) is 55.5 Å². The molecular weight excluding hydrogens is 340 g/mol. The number of carboxylic acid groups (broad SMARTS) is 1. The maximum Gasteiger partial charge on any atom is 0.344 e. The Morgan fingerprint density at radius 2 is 1.33 bits per heavy atom. The van der Waals surface area contributed by atoms with E-state index in [9.17, 15) is 9.59 Å². The summed E-state index contributed by atoms with van der Waals surface area (Å²) < 4.78 is 4.78. The number of carboxylic acids is 1. The van der Waals surface area contributed by atoms with Gasteiger partial charge in [-0.1, -0.05) is 68.4 Å². The Labute approximate surface area is 164 Å². The Balaban J connectivity index is 3.47. The van der Waals surface area contributed by atoms with Crippen molar-refractivity contribution in [3.63, 3.8) is 0 Å². The van der Waals surface area contributed by atoms with Crippen LogP contribution in [0.15, 0.2) is 48.6 Å². The van der Waals surface area contributed by atoms with Crippen LogP contribution in [0.4, 0.5) is 0 Å². The molecule has 1 N–H and O–H groups in total. The molecule has 0 aliphatic carbocycles. The van der Waals surface area contributed by atoms with Gasteiger partial charge in [0.1, 0.15) is 0 Å². The van der Waals surface area contributed by atoms with Gasteiger partial charge in [-0.2, -0.15) is 0 Å². The van der Waals surface area contributed by atoms with Crippen LogP contribution in [0.1, 0.15) is 78.1 Å². The van der Waals surface area contributed by atoms with Gasteiger partial charge in [0.2, 0.25) is 0 Å². The highest BCUT2D eigenvalue weighted by Gasteiger charge is 2.15. The molecule has 0 aromatic heterocycles. The van der Waals surface area contributed by atoms with E-state index in [-0.39, 0.29) is 0 Å². The molecule has 0 aromatic carbocycles. The average molecular weight is 377 g/mol. The molecule has 0 saturated heterocycles. The molecule has 0 amide bonds. The number of esters is 1. The first-order chi connectivity index (χ1) is 13.1. The van der Waals surface area contributed by atoms with Gasteiger partial charge in [0, 0.05) is 6.42 Å². The van der Waals surface area contributed by atoms with E-state index in [4.69, 9.17) is 9.84 Å². The molecule has 152 valence electrons. The predicted molar refractivity (Wildman–Crippen MR) is 112 cm³/mol. The molecular formula is C23H36O4. The molecule has 0 aliphatic heterocycles. The number of allylic oxidation sites excluding steroid dienone is 8. The third-order valence-electron chi connectivity index (χ3n) is 3.88. The van der Waals surface area contributed by atoms with E-state index in [1.807, 2.05) is 0 Å². The molecule has 0 heterocycles. The number of aliphatic carboxylic acids is 1. The fourth-order valence-electron chi connectivity index (χ4n) is 2.29. The number of carbonyl (C=O) groups excluding carboxylic acids is 1. The second-order valence-electron chi connectivity index (χ2n) is 6.42. The summed E-state index contributed by atoms with van der Waals surface area (Å²) in [6.45, 7) is 3.51. The summed E-state index contributed by atoms with van der Waals surface area (Å²) >= 11 is 0. The normalized spacial score (nSPS) is 13.3. The summed E-state index contributed by atoms with van der Waals surface area (Å²) in [5.41, 5.74) is 0. The summed E-state index contributed by atoms with van der Waals surface area (Å²) in [5.74, 6) is -1.54. The summed E-state index contributed by atoms with van der Waals surface area (Å²) in [4.78, 5) is 22.0. The topological polar surface area (TPSA) is 63.6 Å². The summed E-state index contributed by atoms with van der Waals surface area (Å²) in [5, 5.41) is 8.66. The van der Waals surface area contributed by atoms with Crippen molar-refractivity contribution in [2.24, 2.45) is 0 Å². The van der Waals surface area contributed by atoms with Crippen molar-refractivity contribution in [3.8, 4) is 0 Å². The van der Waals surface area contributed by atoms with E-state index in [0.717, 1.165) is 57.8 Å². The van der Waals surface area contributed by atoms with Gasteiger partial charge in [-0.05, 0) is 51.9 Å². The largest absolute Gasteiger partial charge is 0.479 e. The molecule has 0 spiro atoms. The molecule has 0 rings (SSSR count). The van der Waals surface area contributed by atoms with Crippen molar-refractivity contribution in [2.45, 2.75) is 84.2 Å². The van der Waals surface area contributed by atoms with Crippen molar-refractivity contribution in [2.75, 3.05) is 0 Å². The Bertz CT molecular complexity index is 501. The Kier molecular flexibility index (Phi) is 17.2. The number of unbranched alkanes of at least 4 members (excludes halogenated alkanes) is 4. The lowest BCUT2D eigenvalue weighted by Crippen LogP contribution is -2.23. The third-order valence-corrected chi connectivity index (χ3v) is 3.88. The van der Waals surface area contributed by atoms with Crippen LogP contribution in [0.3, 0.4) is 0 Å². The van der Waals surface area contributed by atoms with Crippen LogP contribution in [0.25, 0.3) is 0 Å². The molecule has 1 unspecified atom stereocenters. The van der Waals surface area contributed by atoms with E-state index >= 15 is 0 Å². The van der Waals surface area contributed by atoms with Crippen molar-refractivity contribution in [3.05, 3.63) is 48.6 Å². The first-order valence-electron chi connectivity index (χ1n) is 10.1. The van der Waals surface area contributed by atoms with Gasteiger partial charge < -0.3 is 9.84 Å². The van der Waals surface area contributed by atoms with Crippen LogP contribution in [0.2, 0.25) is 0 Å². The quantitative estimate of drug-likeness (QED) is 0.199. The first-order valence-corrected chi connectivity index (χ1v) is 10.1. The number of carbonyl (C=O) groups is 2. The van der Waals surface area contributed by atoms with Crippen LogP contribution in [-0.4, -0.2) is 23.1 Å². The zero-order valence-electron chi connectivity index (χ0n) is 16.9. The minimum Gasteiger partial charge on any atom is -0.479 e. The second-order valence-corrected chi connectivity index (χ2v) is 6.42. The summed E-state index contributed by atoms with van der Waals surface area (Å²) in [6.07, 6.45) is 25.8. The lowest BCUT2D eigenvalue weighted by atomic mass is 10.1. The minimum absolute atomic E-state index is 0.293. The molecule has 0 bridgehead atoms. The lowest BCUT2D eigenvalue weighted by Gasteiger charge is -2.08. The minimum atomic E-state index is -1.11. The van der Waals surface area contributed by atoms with Crippen LogP contribution >= 0.6 is 0 Å². The molecule has 0 aliphatic rings. The van der Waals surface area contributed by atoms with Gasteiger partial charge in [-0.3, -0.25) is 4.79 Å². The zero-order valence-corrected chi connectivity index (χ0v) is 16.9. The van der Waals surface area contributed by atoms with Crippen molar-refractivity contribution in [1.29, 1.82) is 0 Å². The van der Waals surface area contributed by atoms with E-state index in [1.165, 1.54) is 6.92 Å². The van der Waals surface area contributed by atoms with Gasteiger partial charge in [0.15, 0.2) is 6.10 Å². The molecule has 4 heteroatoms. The Morgan fingerprint density at radius 3 is 1.89 bits per heavy atom. The number of hydrogen-bond donors (Lipinski definition) is 1. The maximum absolute atomic E-state index is 11.4. The SMILES string of the molecule is CC/C=C\C/C=C\C/C=C\C/C=C\CCCCCCC(=O)OC(C)C(=O)O. The molecule has 0 aromatic rings. The standard InChI is InChI=1S/C23H36O4/c1-3-4-5-6-7-8-9-10-11-12-13-14-15-16-17-18-19-20-22(24)27-21(2)23(25)26/h4-5,7-8,10-11,13-14,21H,3,6,9,12,15-20H2,1-2H3,(H,25,26)/b5-4-,8-7-,11-10-,14-13-. The van der Waals surface area contributed by atoms with Gasteiger partial charge in [-0.15, -0.1) is 0 Å². The fraction of sp³-hybridized carbons (Fsp3) is 0.565. The number of hydrogen-bond acceptors (Lipinski definition) is 3. The van der Waals surface area contributed by atoms with Crippen LogP contribution in [-0.2, 0) is 14.3 Å². The third kappa shape index (κ3) is 18.5. The van der Waals surface area contributed by atoms with Crippen molar-refractivity contribution >= 4 is 11.9 Å². The lowest BCUT2D eigenvalue weighted by molar-refractivity contribution is -0.162. The molecule has 0 radical (unpaired) electrons. The van der Waals surface area contributed by atoms with Crippen LogP contribution in [0, 0.1) is 0 Å². The highest BCUT2D eigenvalue weighted by molar-refractivity contribution is 5.77. The second kappa shape index (κ2) is 18.7. The highest BCUT2D eigenvalue weighted by Crippen LogP contribution is 2.08. The highest BCUT2D eigenvalue weighted by atomic mass is 16.6. The average Bonchev–Trinajstić information content (AvgIpc) is 2.64. The smallest absolute Gasteiger partial charge is 0.344 e. The van der Waals surface area contributed by atoms with Crippen molar-refractivity contribution in [1.82, 2.24) is 0 Å². The Morgan fingerprint density at radius 1 is 0.815 bits per heavy atom. The zero-order chi connectivity index (χ0) is 20.2. The summed E-state index contributed by atoms with van der Waals surface area (Å²) in [7, 11) is 0.